The summed E-state index contributed by atoms with van der Waals surface area (Å²) in [5.41, 5.74) is 3.33. The van der Waals surface area contributed by atoms with Crippen LogP contribution in [-0.4, -0.2) is 0 Å². The van der Waals surface area contributed by atoms with Crippen LogP contribution >= 0.6 is 0 Å². The van der Waals surface area contributed by atoms with Crippen LogP contribution in [-0.2, 0) is 0 Å². The Hall–Kier alpha value is -0.520. The zero-order chi connectivity index (χ0) is 11.1. The molecule has 0 radical (unpaired) electrons. The van der Waals surface area contributed by atoms with Crippen molar-refractivity contribution in [3.8, 4) is 0 Å². The highest BCUT2D eigenvalue weighted by Gasteiger charge is 2.44. The third kappa shape index (κ3) is 1.68. The third-order valence-electron chi connectivity index (χ3n) is 4.81. The Morgan fingerprint density at radius 3 is 2.40 bits per heavy atom. The van der Waals surface area contributed by atoms with Gasteiger partial charge in [-0.25, -0.2) is 0 Å². The first-order valence-electron chi connectivity index (χ1n) is 6.43. The van der Waals surface area contributed by atoms with Crippen molar-refractivity contribution in [1.29, 1.82) is 0 Å². The first-order chi connectivity index (χ1) is 7.06. The van der Waals surface area contributed by atoms with Crippen molar-refractivity contribution >= 4 is 0 Å². The molecule has 1 spiro atoms. The molecule has 0 bridgehead atoms. The lowest BCUT2D eigenvalue weighted by Gasteiger charge is -2.42. The Kier molecular flexibility index (Phi) is 2.79. The van der Waals surface area contributed by atoms with Gasteiger partial charge in [0.05, 0.1) is 0 Å². The van der Waals surface area contributed by atoms with Crippen molar-refractivity contribution in [1.82, 2.24) is 0 Å². The van der Waals surface area contributed by atoms with Gasteiger partial charge in [0.2, 0.25) is 0 Å². The average molecular weight is 204 g/mol. The molecule has 84 valence electrons. The molecule has 0 heteroatoms. The molecule has 2 aliphatic carbocycles. The van der Waals surface area contributed by atoms with E-state index in [0.29, 0.717) is 5.41 Å². The molecular weight excluding hydrogens is 180 g/mol. The molecule has 0 aromatic rings. The molecule has 15 heavy (non-hydrogen) atoms. The van der Waals surface area contributed by atoms with Crippen LogP contribution in [0.25, 0.3) is 0 Å². The summed E-state index contributed by atoms with van der Waals surface area (Å²) in [6.07, 6.45) is 7.83. The van der Waals surface area contributed by atoms with E-state index in [1.165, 1.54) is 49.7 Å². The summed E-state index contributed by atoms with van der Waals surface area (Å²) in [5, 5.41) is 0. The SMILES string of the molecule is C=C1CCCC12C[C@@H](C(C)C)CCC2=C. The molecule has 1 unspecified atom stereocenters. The summed E-state index contributed by atoms with van der Waals surface area (Å²) in [4.78, 5) is 0. The average Bonchev–Trinajstić information content (AvgIpc) is 2.54. The molecule has 2 rings (SSSR count). The highest BCUT2D eigenvalue weighted by molar-refractivity contribution is 5.31. The van der Waals surface area contributed by atoms with Crippen molar-refractivity contribution in [2.24, 2.45) is 17.3 Å². The maximum absolute atomic E-state index is 4.33. The molecular formula is C15H24. The van der Waals surface area contributed by atoms with Crippen molar-refractivity contribution < 1.29 is 0 Å². The minimum absolute atomic E-state index is 0.354. The molecule has 0 aliphatic heterocycles. The zero-order valence-electron chi connectivity index (χ0n) is 10.3. The Balaban J connectivity index is 2.22. The largest absolute Gasteiger partial charge is 0.0990 e. The first kappa shape index (κ1) is 11.0. The highest BCUT2D eigenvalue weighted by Crippen LogP contribution is 2.56. The third-order valence-corrected chi connectivity index (χ3v) is 4.81. The smallest absolute Gasteiger partial charge is 0.0118 e. The molecule has 0 amide bonds. The quantitative estimate of drug-likeness (QED) is 0.542. The minimum atomic E-state index is 0.354. The summed E-state index contributed by atoms with van der Waals surface area (Å²) in [6.45, 7) is 13.4. The number of hydrogen-bond acceptors (Lipinski definition) is 0. The lowest BCUT2D eigenvalue weighted by molar-refractivity contribution is 0.207. The molecule has 0 saturated heterocycles. The number of allylic oxidation sites excluding steroid dienone is 2. The Morgan fingerprint density at radius 1 is 1.20 bits per heavy atom. The van der Waals surface area contributed by atoms with Gasteiger partial charge < -0.3 is 0 Å². The van der Waals surface area contributed by atoms with Gasteiger partial charge in [-0.2, -0.15) is 0 Å². The summed E-state index contributed by atoms with van der Waals surface area (Å²) in [5.74, 6) is 1.72. The van der Waals surface area contributed by atoms with Gasteiger partial charge in [0.15, 0.2) is 0 Å². The predicted molar refractivity (Wildman–Crippen MR) is 66.7 cm³/mol. The molecule has 2 atom stereocenters. The van der Waals surface area contributed by atoms with Crippen LogP contribution in [0.15, 0.2) is 24.3 Å². The Morgan fingerprint density at radius 2 is 1.87 bits per heavy atom. The molecule has 0 N–H and O–H groups in total. The lowest BCUT2D eigenvalue weighted by Crippen LogP contribution is -2.31. The van der Waals surface area contributed by atoms with Crippen molar-refractivity contribution in [3.63, 3.8) is 0 Å². The molecule has 2 aliphatic rings. The monoisotopic (exact) mass is 204 g/mol. The predicted octanol–water partition coefficient (Wildman–Crippen LogP) is 4.73. The van der Waals surface area contributed by atoms with Crippen LogP contribution in [0, 0.1) is 17.3 Å². The fraction of sp³-hybridized carbons (Fsp3) is 0.733. The van der Waals surface area contributed by atoms with E-state index in [1.807, 2.05) is 0 Å². The van der Waals surface area contributed by atoms with E-state index in [4.69, 9.17) is 0 Å². The molecule has 0 heterocycles. The summed E-state index contributed by atoms with van der Waals surface area (Å²) in [7, 11) is 0. The molecule has 2 fully saturated rings. The Bertz CT molecular complexity index is 284. The topological polar surface area (TPSA) is 0 Å². The van der Waals surface area contributed by atoms with Gasteiger partial charge in [0.1, 0.15) is 0 Å². The van der Waals surface area contributed by atoms with Gasteiger partial charge in [0.25, 0.3) is 0 Å². The zero-order valence-corrected chi connectivity index (χ0v) is 10.3. The number of rotatable bonds is 1. The van der Waals surface area contributed by atoms with Crippen LogP contribution in [0.4, 0.5) is 0 Å². The molecule has 2 saturated carbocycles. The maximum atomic E-state index is 4.33. The summed E-state index contributed by atoms with van der Waals surface area (Å²) < 4.78 is 0. The van der Waals surface area contributed by atoms with Gasteiger partial charge in [0, 0.05) is 5.41 Å². The van der Waals surface area contributed by atoms with Crippen LogP contribution in [0.1, 0.15) is 52.4 Å². The van der Waals surface area contributed by atoms with Crippen LogP contribution < -0.4 is 0 Å². The minimum Gasteiger partial charge on any atom is -0.0990 e. The van der Waals surface area contributed by atoms with Crippen LogP contribution in [0.5, 0.6) is 0 Å². The normalized spacial score (nSPS) is 36.9. The maximum Gasteiger partial charge on any atom is 0.0118 e. The van der Waals surface area contributed by atoms with Crippen molar-refractivity contribution in [2.45, 2.75) is 52.4 Å². The van der Waals surface area contributed by atoms with E-state index in [2.05, 4.69) is 27.0 Å². The molecule has 0 aromatic heterocycles. The fourth-order valence-electron chi connectivity index (χ4n) is 3.55. The van der Waals surface area contributed by atoms with Gasteiger partial charge in [-0.1, -0.05) is 38.2 Å². The number of hydrogen-bond donors (Lipinski definition) is 0. The first-order valence-corrected chi connectivity index (χ1v) is 6.43. The van der Waals surface area contributed by atoms with E-state index >= 15 is 0 Å². The van der Waals surface area contributed by atoms with Crippen LogP contribution in [0.3, 0.4) is 0 Å². The second-order valence-corrected chi connectivity index (χ2v) is 5.89. The van der Waals surface area contributed by atoms with E-state index in [9.17, 15) is 0 Å². The van der Waals surface area contributed by atoms with E-state index in [0.717, 1.165) is 11.8 Å². The van der Waals surface area contributed by atoms with E-state index < -0.39 is 0 Å². The molecule has 0 nitrogen and oxygen atoms in total. The van der Waals surface area contributed by atoms with Crippen molar-refractivity contribution in [2.75, 3.05) is 0 Å². The van der Waals surface area contributed by atoms with Gasteiger partial charge in [-0.3, -0.25) is 0 Å². The van der Waals surface area contributed by atoms with Gasteiger partial charge >= 0.3 is 0 Å². The van der Waals surface area contributed by atoms with Crippen molar-refractivity contribution in [3.05, 3.63) is 24.3 Å². The van der Waals surface area contributed by atoms with E-state index in [-0.39, 0.29) is 0 Å². The van der Waals surface area contributed by atoms with Crippen LogP contribution in [0.2, 0.25) is 0 Å². The van der Waals surface area contributed by atoms with Gasteiger partial charge in [-0.05, 0) is 50.4 Å². The highest BCUT2D eigenvalue weighted by atomic mass is 14.5. The van der Waals surface area contributed by atoms with Gasteiger partial charge in [-0.15, -0.1) is 0 Å². The fourth-order valence-corrected chi connectivity index (χ4v) is 3.55. The van der Waals surface area contributed by atoms with E-state index in [1.54, 1.807) is 0 Å². The standard InChI is InChI=1S/C15H24/c1-11(2)14-8-7-13(4)15(10-14)9-5-6-12(15)3/h11,14H,3-10H2,1-2H3/t14-,15?/m0/s1. The summed E-state index contributed by atoms with van der Waals surface area (Å²) in [6, 6.07) is 0. The molecule has 0 aromatic carbocycles. The summed E-state index contributed by atoms with van der Waals surface area (Å²) >= 11 is 0. The second-order valence-electron chi connectivity index (χ2n) is 5.89. The second kappa shape index (κ2) is 3.81. The Labute approximate surface area is 94.5 Å². The lowest BCUT2D eigenvalue weighted by atomic mass is 9.62.